The van der Waals surface area contributed by atoms with Gasteiger partial charge in [0.15, 0.2) is 0 Å². The van der Waals surface area contributed by atoms with Crippen LogP contribution in [0.5, 0.6) is 0 Å². The molecule has 1 aliphatic heterocycles. The molecule has 66 valence electrons. The molecular weight excluding hydrogens is 174 g/mol. The van der Waals surface area contributed by atoms with E-state index in [1.807, 2.05) is 11.8 Å². The molecule has 0 saturated carbocycles. The third kappa shape index (κ3) is 2.88. The summed E-state index contributed by atoms with van der Waals surface area (Å²) in [5.41, 5.74) is 0. The van der Waals surface area contributed by atoms with E-state index in [-0.39, 0.29) is 0 Å². The number of rotatable bonds is 1. The Balaban J connectivity index is 2.43. The van der Waals surface area contributed by atoms with E-state index >= 15 is 0 Å². The fourth-order valence-electron chi connectivity index (χ4n) is 1.19. The second-order valence-corrected chi connectivity index (χ2v) is 6.79. The van der Waals surface area contributed by atoms with Crippen LogP contribution in [0.2, 0.25) is 0 Å². The average Bonchev–Trinajstić information content (AvgIpc) is 1.85. The first-order chi connectivity index (χ1) is 5.09. The summed E-state index contributed by atoms with van der Waals surface area (Å²) in [7, 11) is 0. The van der Waals surface area contributed by atoms with Crippen LogP contribution in [0.25, 0.3) is 0 Å². The zero-order valence-electron chi connectivity index (χ0n) is 7.63. The maximum atomic E-state index is 3.57. The van der Waals surface area contributed by atoms with Crippen molar-refractivity contribution >= 4 is 23.5 Å². The Morgan fingerprint density at radius 3 is 2.27 bits per heavy atom. The summed E-state index contributed by atoms with van der Waals surface area (Å²) >= 11 is 4.06. The predicted molar refractivity (Wildman–Crippen MR) is 55.9 cm³/mol. The minimum Gasteiger partial charge on any atom is -0.294 e. The molecule has 1 nitrogen and oxygen atoms in total. The quantitative estimate of drug-likeness (QED) is 0.684. The number of hydrogen-bond acceptors (Lipinski definition) is 3. The van der Waals surface area contributed by atoms with Crippen molar-refractivity contribution in [3.05, 3.63) is 0 Å². The highest BCUT2D eigenvalue weighted by Gasteiger charge is 2.25. The minimum atomic E-state index is 0.624. The Hall–Kier alpha value is 0.660. The van der Waals surface area contributed by atoms with Crippen molar-refractivity contribution in [2.24, 2.45) is 5.92 Å². The monoisotopic (exact) mass is 191 g/mol. The zero-order valence-corrected chi connectivity index (χ0v) is 9.26. The average molecular weight is 191 g/mol. The summed E-state index contributed by atoms with van der Waals surface area (Å²) in [6, 6.07) is 0. The highest BCUT2D eigenvalue weighted by atomic mass is 32.2. The van der Waals surface area contributed by atoms with E-state index in [1.54, 1.807) is 0 Å². The number of hydrogen-bond donors (Lipinski definition) is 1. The molecule has 1 rings (SSSR count). The van der Waals surface area contributed by atoms with Gasteiger partial charge >= 0.3 is 0 Å². The largest absolute Gasteiger partial charge is 0.294 e. The first-order valence-electron chi connectivity index (χ1n) is 4.16. The van der Waals surface area contributed by atoms with Gasteiger partial charge in [-0.25, -0.2) is 0 Å². The molecule has 0 aromatic carbocycles. The van der Waals surface area contributed by atoms with Gasteiger partial charge in [0.05, 0.1) is 15.3 Å². The molecule has 1 saturated heterocycles. The predicted octanol–water partition coefficient (Wildman–Crippen LogP) is 2.73. The van der Waals surface area contributed by atoms with Crippen molar-refractivity contribution in [3.8, 4) is 0 Å². The van der Waals surface area contributed by atoms with Crippen molar-refractivity contribution in [2.75, 3.05) is 0 Å². The van der Waals surface area contributed by atoms with Gasteiger partial charge in [-0.2, -0.15) is 0 Å². The van der Waals surface area contributed by atoms with Crippen LogP contribution in [-0.4, -0.2) is 15.3 Å². The van der Waals surface area contributed by atoms with Gasteiger partial charge in [-0.15, -0.1) is 23.5 Å². The van der Waals surface area contributed by atoms with E-state index in [1.165, 1.54) is 0 Å². The third-order valence-corrected chi connectivity index (χ3v) is 4.69. The Morgan fingerprint density at radius 1 is 1.18 bits per heavy atom. The zero-order chi connectivity index (χ0) is 8.43. The second-order valence-electron chi connectivity index (χ2n) is 3.31. The SMILES string of the molecule is CC1NC(C(C)C)SC(C)S1. The molecule has 0 bridgehead atoms. The highest BCUT2D eigenvalue weighted by Crippen LogP contribution is 2.36. The summed E-state index contributed by atoms with van der Waals surface area (Å²) in [5.74, 6) is 0.741. The Bertz CT molecular complexity index is 117. The highest BCUT2D eigenvalue weighted by molar-refractivity contribution is 8.18. The van der Waals surface area contributed by atoms with Crippen molar-refractivity contribution in [1.29, 1.82) is 0 Å². The maximum absolute atomic E-state index is 3.57. The van der Waals surface area contributed by atoms with Crippen LogP contribution in [0.3, 0.4) is 0 Å². The fourth-order valence-corrected chi connectivity index (χ4v) is 4.20. The molecular formula is C8H17NS2. The van der Waals surface area contributed by atoms with Crippen LogP contribution >= 0.6 is 23.5 Å². The van der Waals surface area contributed by atoms with Gasteiger partial charge in [0.25, 0.3) is 0 Å². The molecule has 0 amide bonds. The number of nitrogens with one attached hydrogen (secondary N) is 1. The molecule has 0 aliphatic carbocycles. The van der Waals surface area contributed by atoms with Crippen LogP contribution in [-0.2, 0) is 0 Å². The van der Waals surface area contributed by atoms with E-state index in [4.69, 9.17) is 0 Å². The second kappa shape index (κ2) is 4.06. The molecule has 0 spiro atoms. The van der Waals surface area contributed by atoms with Crippen molar-refractivity contribution < 1.29 is 0 Å². The lowest BCUT2D eigenvalue weighted by molar-refractivity contribution is 0.507. The van der Waals surface area contributed by atoms with Gasteiger partial charge in [0.1, 0.15) is 0 Å². The first-order valence-corrected chi connectivity index (χ1v) is 6.05. The summed E-state index contributed by atoms with van der Waals surface area (Å²) in [6.07, 6.45) is 0. The van der Waals surface area contributed by atoms with Crippen LogP contribution < -0.4 is 5.32 Å². The molecule has 3 heteroatoms. The number of thioether (sulfide) groups is 2. The topological polar surface area (TPSA) is 12.0 Å². The Labute approximate surface area is 78.1 Å². The van der Waals surface area contributed by atoms with Gasteiger partial charge in [-0.05, 0) is 19.8 Å². The smallest absolute Gasteiger partial charge is 0.0574 e. The van der Waals surface area contributed by atoms with Crippen LogP contribution in [0.1, 0.15) is 27.7 Å². The molecule has 1 N–H and O–H groups in total. The van der Waals surface area contributed by atoms with Crippen molar-refractivity contribution in [3.63, 3.8) is 0 Å². The molecule has 0 radical (unpaired) electrons. The molecule has 3 unspecified atom stereocenters. The first kappa shape index (κ1) is 9.75. The fraction of sp³-hybridized carbons (Fsp3) is 1.00. The van der Waals surface area contributed by atoms with E-state index in [2.05, 4.69) is 44.8 Å². The van der Waals surface area contributed by atoms with E-state index in [9.17, 15) is 0 Å². The van der Waals surface area contributed by atoms with Crippen molar-refractivity contribution in [1.82, 2.24) is 5.32 Å². The molecule has 1 aliphatic rings. The molecule has 0 aromatic rings. The standard InChI is InChI=1S/C8H17NS2/c1-5(2)8-9-6(3)10-7(4)11-8/h5-9H,1-4H3. The lowest BCUT2D eigenvalue weighted by Gasteiger charge is -2.34. The van der Waals surface area contributed by atoms with E-state index < -0.39 is 0 Å². The van der Waals surface area contributed by atoms with Gasteiger partial charge < -0.3 is 0 Å². The Kier molecular flexibility index (Phi) is 3.59. The van der Waals surface area contributed by atoms with Gasteiger partial charge in [0.2, 0.25) is 0 Å². The normalized spacial score (nSPS) is 39.5. The maximum Gasteiger partial charge on any atom is 0.0574 e. The van der Waals surface area contributed by atoms with Crippen LogP contribution in [0, 0.1) is 5.92 Å². The van der Waals surface area contributed by atoms with Gasteiger partial charge in [-0.3, -0.25) is 5.32 Å². The summed E-state index contributed by atoms with van der Waals surface area (Å²) < 4.78 is 0.749. The lowest BCUT2D eigenvalue weighted by atomic mass is 10.2. The molecule has 1 fully saturated rings. The van der Waals surface area contributed by atoms with Crippen molar-refractivity contribution in [2.45, 2.75) is 43.0 Å². The summed E-state index contributed by atoms with van der Waals surface area (Å²) in [4.78, 5) is 0. The van der Waals surface area contributed by atoms with E-state index in [0.29, 0.717) is 10.7 Å². The van der Waals surface area contributed by atoms with Gasteiger partial charge in [0, 0.05) is 0 Å². The van der Waals surface area contributed by atoms with Gasteiger partial charge in [-0.1, -0.05) is 13.8 Å². The summed E-state index contributed by atoms with van der Waals surface area (Å²) in [6.45, 7) is 9.10. The molecule has 11 heavy (non-hydrogen) atoms. The van der Waals surface area contributed by atoms with E-state index in [0.717, 1.165) is 10.5 Å². The van der Waals surface area contributed by atoms with Crippen LogP contribution in [0.4, 0.5) is 0 Å². The molecule has 1 heterocycles. The Morgan fingerprint density at radius 2 is 1.82 bits per heavy atom. The lowest BCUT2D eigenvalue weighted by Crippen LogP contribution is -2.41. The minimum absolute atomic E-state index is 0.624. The molecule has 0 aromatic heterocycles. The molecule has 3 atom stereocenters. The third-order valence-electron chi connectivity index (χ3n) is 1.74. The van der Waals surface area contributed by atoms with Crippen LogP contribution in [0.15, 0.2) is 0 Å². The summed E-state index contributed by atoms with van der Waals surface area (Å²) in [5, 5.41) is 4.85.